The summed E-state index contributed by atoms with van der Waals surface area (Å²) in [4.78, 5) is 10.9. The largest absolute Gasteiger partial charge is 2.00 e. The molecule has 44 heavy (non-hydrogen) atoms. The third-order valence-electron chi connectivity index (χ3n) is 3.36. The van der Waals surface area contributed by atoms with Crippen LogP contribution in [0, 0.1) is 5.41 Å². The molecule has 1 aliphatic rings. The van der Waals surface area contributed by atoms with Gasteiger partial charge in [0.25, 0.3) is 7.11 Å². The van der Waals surface area contributed by atoms with Crippen molar-refractivity contribution in [1.29, 1.82) is 0 Å². The number of hydrogen-bond acceptors (Lipinski definition) is 15. The van der Waals surface area contributed by atoms with Crippen LogP contribution in [0.5, 0.6) is 0 Å². The first kappa shape index (κ1) is 65.1. The molecule has 0 unspecified atom stereocenters. The van der Waals surface area contributed by atoms with Gasteiger partial charge in [-0.3, -0.25) is 4.42 Å². The molecule has 0 aliphatic heterocycles. The van der Waals surface area contributed by atoms with Crippen LogP contribution in [0.2, 0.25) is 0 Å². The summed E-state index contributed by atoms with van der Waals surface area (Å²) >= 11 is 0. The molecule has 16 nitrogen and oxygen atoms in total. The summed E-state index contributed by atoms with van der Waals surface area (Å²) in [6.07, 6.45) is 9.60. The average Bonchev–Trinajstić information content (AvgIpc) is 2.64. The van der Waals surface area contributed by atoms with Crippen molar-refractivity contribution in [2.24, 2.45) is 5.41 Å². The minimum Gasteiger partial charge on any atom is -0.741 e. The van der Waals surface area contributed by atoms with Crippen LogP contribution >= 0.6 is 0 Å². The van der Waals surface area contributed by atoms with Gasteiger partial charge in [-0.15, -0.1) is 0 Å². The standard InChI is InChI=1S/C12H17O2.3CHF3O3S.5H3N.Os/c1-10(13)4-7-12(2)8-5-11(14-3)6-9-12;3*2-1(3,4)8(5,6)7;;;;;;/h5-6,8-9H,4,7H2,1-3H3;3*(H,5,6,7);5*1H3;/q+1;;;;;;;;;+2/p-3. The molecule has 0 aromatic carbocycles. The van der Waals surface area contributed by atoms with E-state index in [4.69, 9.17) is 43.3 Å². The van der Waals surface area contributed by atoms with E-state index in [2.05, 4.69) is 19.1 Å². The average molecular weight is 916 g/mol. The van der Waals surface area contributed by atoms with E-state index in [0.717, 1.165) is 12.2 Å². The van der Waals surface area contributed by atoms with Crippen molar-refractivity contribution < 1.29 is 107 Å². The molecule has 1 aliphatic carbocycles. The van der Waals surface area contributed by atoms with Crippen molar-refractivity contribution in [3.8, 4) is 0 Å². The number of rotatable bonds is 3. The van der Waals surface area contributed by atoms with Crippen molar-refractivity contribution in [1.82, 2.24) is 30.8 Å². The van der Waals surface area contributed by atoms with Crippen LogP contribution in [0.1, 0.15) is 26.7 Å². The number of Topliss-reactive ketones (excluding diaryl/α,β-unsaturated/α-hetero) is 1. The summed E-state index contributed by atoms with van der Waals surface area (Å²) in [7, 11) is -16.6. The number of ketones is 2. The molecule has 15 N–H and O–H groups in total. The van der Waals surface area contributed by atoms with Gasteiger partial charge in [0.15, 0.2) is 30.4 Å². The Morgan fingerprint density at radius 2 is 0.909 bits per heavy atom. The van der Waals surface area contributed by atoms with Crippen molar-refractivity contribution >= 4 is 41.9 Å². The number of alkyl halides is 9. The van der Waals surface area contributed by atoms with E-state index in [1.54, 1.807) is 14.0 Å². The Balaban J connectivity index is -0.0000000525. The Bertz CT molecular complexity index is 1100. The summed E-state index contributed by atoms with van der Waals surface area (Å²) in [5, 5.41) is 0. The number of allylic oxidation sites excluding steroid dienone is 4. The van der Waals surface area contributed by atoms with Gasteiger partial charge in [0.2, 0.25) is 0 Å². The summed E-state index contributed by atoms with van der Waals surface area (Å²) in [5.74, 6) is 1.11. The zero-order valence-corrected chi connectivity index (χ0v) is 27.7. The molecule has 0 atom stereocenters. The Morgan fingerprint density at radius 1 is 0.705 bits per heavy atom. The Kier molecular flexibility index (Phi) is 35.0. The summed E-state index contributed by atoms with van der Waals surface area (Å²) in [6.45, 7) is 3.75. The molecule has 29 heteroatoms. The van der Waals surface area contributed by atoms with E-state index in [1.807, 2.05) is 12.2 Å². The molecule has 0 saturated heterocycles. The first-order valence-electron chi connectivity index (χ1n) is 8.66. The molecule has 0 bridgehead atoms. The van der Waals surface area contributed by atoms with Gasteiger partial charge in [-0.2, -0.15) is 39.5 Å². The van der Waals surface area contributed by atoms with E-state index in [-0.39, 0.29) is 61.7 Å². The minimum atomic E-state index is -6.09. The second-order valence-corrected chi connectivity index (χ2v) is 10.8. The summed E-state index contributed by atoms with van der Waals surface area (Å²) < 4.78 is 182. The van der Waals surface area contributed by atoms with Crippen LogP contribution in [0.3, 0.4) is 0 Å². The normalized spacial score (nSPS) is 15.7. The fourth-order valence-electron chi connectivity index (χ4n) is 1.40. The maximum atomic E-state index is 10.9. The van der Waals surface area contributed by atoms with Crippen molar-refractivity contribution in [2.75, 3.05) is 7.11 Å². The summed E-state index contributed by atoms with van der Waals surface area (Å²) in [6, 6.07) is 0. The van der Waals surface area contributed by atoms with Crippen LogP contribution in [-0.2, 0) is 59.4 Å². The molecular weight excluding hydrogens is 884 g/mol. The van der Waals surface area contributed by atoms with Gasteiger partial charge in [-0.05, 0) is 13.3 Å². The zero-order chi connectivity index (χ0) is 31.6. The molecule has 0 radical (unpaired) electrons. The maximum Gasteiger partial charge on any atom is 2.00 e. The zero-order valence-electron chi connectivity index (χ0n) is 22.7. The fraction of sp³-hybridized carbons (Fsp3) is 0.600. The van der Waals surface area contributed by atoms with Gasteiger partial charge >= 0.3 is 42.1 Å². The van der Waals surface area contributed by atoms with Gasteiger partial charge in [0.05, 0.1) is 0 Å². The fourth-order valence-corrected chi connectivity index (χ4v) is 1.40. The molecule has 0 fully saturated rings. The van der Waals surface area contributed by atoms with Crippen LogP contribution in [0.15, 0.2) is 24.3 Å². The second kappa shape index (κ2) is 23.7. The van der Waals surface area contributed by atoms with Crippen LogP contribution in [0.4, 0.5) is 39.5 Å². The van der Waals surface area contributed by atoms with Crippen LogP contribution in [-0.4, -0.2) is 74.1 Å². The monoisotopic (exact) mass is 917 g/mol. The SMILES string of the molecule is C[O+]=C1C=CC(C)(CCC(C)=O)C=C1.N.N.N.N.N.O=S(=O)([O-])C(F)(F)F.O=S(=O)([O-])C(F)(F)F.O=S(=O)([O-])C(F)(F)F.[Os+2]. The molecule has 272 valence electrons. The third kappa shape index (κ3) is 30.4. The first-order valence-corrected chi connectivity index (χ1v) is 12.9. The van der Waals surface area contributed by atoms with Gasteiger partial charge in [0.1, 0.15) is 5.78 Å². The second-order valence-electron chi connectivity index (χ2n) is 6.68. The van der Waals surface area contributed by atoms with E-state index in [9.17, 15) is 44.3 Å². The minimum absolute atomic E-state index is 0. The van der Waals surface area contributed by atoms with Crippen molar-refractivity contribution in [2.45, 2.75) is 43.2 Å². The van der Waals surface area contributed by atoms with Crippen molar-refractivity contribution in [3.63, 3.8) is 0 Å². The molecule has 0 aromatic heterocycles. The Hall–Kier alpha value is -1.64. The predicted molar refractivity (Wildman–Crippen MR) is 130 cm³/mol. The van der Waals surface area contributed by atoms with Crippen LogP contribution < -0.4 is 30.8 Å². The predicted octanol–water partition coefficient (Wildman–Crippen LogP) is 3.18. The van der Waals surface area contributed by atoms with E-state index < -0.39 is 46.9 Å². The number of hydrogen-bond donors (Lipinski definition) is 5. The molecule has 0 heterocycles. The molecule has 0 amide bonds. The van der Waals surface area contributed by atoms with Gasteiger partial charge in [0, 0.05) is 24.0 Å². The maximum absolute atomic E-state index is 10.9. The topological polar surface area (TPSA) is 375 Å². The van der Waals surface area contributed by atoms with E-state index in [1.165, 1.54) is 0 Å². The van der Waals surface area contributed by atoms with E-state index in [0.29, 0.717) is 6.42 Å². The Morgan fingerprint density at radius 3 is 1.05 bits per heavy atom. The van der Waals surface area contributed by atoms with Gasteiger partial charge in [-0.25, -0.2) is 25.3 Å². The number of carbonyl (C=O) groups is 1. The van der Waals surface area contributed by atoms with E-state index >= 15 is 0 Å². The quantitative estimate of drug-likeness (QED) is 0.117. The summed E-state index contributed by atoms with van der Waals surface area (Å²) in [5.41, 5.74) is -16.9. The molecule has 0 saturated carbocycles. The molecular formula is C15H32F9N5O11OsS3. The van der Waals surface area contributed by atoms with Crippen molar-refractivity contribution in [3.05, 3.63) is 24.3 Å². The smallest absolute Gasteiger partial charge is 0.741 e. The Labute approximate surface area is 259 Å². The molecule has 0 spiro atoms. The molecule has 0 aromatic rings. The third-order valence-corrected chi connectivity index (χ3v) is 5.06. The number of carbonyl (C=O) groups excluding carboxylic acids is 2. The van der Waals surface area contributed by atoms with Crippen LogP contribution in [0.25, 0.3) is 0 Å². The van der Waals surface area contributed by atoms with Gasteiger partial charge < -0.3 is 49.2 Å². The van der Waals surface area contributed by atoms with Gasteiger partial charge in [-0.1, -0.05) is 19.1 Å². The molecule has 1 rings (SSSR count). The number of halogens is 9. The first-order chi connectivity index (χ1) is 16.3.